The highest BCUT2D eigenvalue weighted by molar-refractivity contribution is 5.73. The zero-order valence-electron chi connectivity index (χ0n) is 5.79. The predicted molar refractivity (Wildman–Crippen MR) is 34.4 cm³/mol. The van der Waals surface area contributed by atoms with E-state index in [1.54, 1.807) is 6.92 Å². The smallest absolute Gasteiger partial charge is 0.320 e. The van der Waals surface area contributed by atoms with Crippen molar-refractivity contribution in [3.05, 3.63) is 0 Å². The van der Waals surface area contributed by atoms with E-state index in [1.165, 1.54) is 0 Å². The van der Waals surface area contributed by atoms with Crippen LogP contribution in [0.15, 0.2) is 0 Å². The predicted octanol–water partition coefficient (Wildman–Crippen LogP) is -0.469. The van der Waals surface area contributed by atoms with E-state index in [2.05, 4.69) is 5.32 Å². The minimum Gasteiger partial charge on any atom is -0.480 e. The van der Waals surface area contributed by atoms with E-state index in [9.17, 15) is 9.90 Å². The summed E-state index contributed by atoms with van der Waals surface area (Å²) in [6.45, 7) is 1.58. The lowest BCUT2D eigenvalue weighted by Crippen LogP contribution is -2.43. The number of aliphatic hydroxyl groups is 1. The number of carboxylic acid groups (broad SMARTS) is 1. The van der Waals surface area contributed by atoms with Crippen molar-refractivity contribution in [2.24, 2.45) is 0 Å². The van der Waals surface area contributed by atoms with E-state index in [4.69, 9.17) is 5.11 Å². The Morgan fingerprint density at radius 1 is 1.80 bits per heavy atom. The molecular weight excluding hydrogens is 134 g/mol. The molecule has 10 heavy (non-hydrogen) atoms. The molecule has 4 heteroatoms. The maximum absolute atomic E-state index is 10.3. The van der Waals surface area contributed by atoms with Crippen LogP contribution in [0, 0.1) is 0 Å². The lowest BCUT2D eigenvalue weighted by atomic mass is 10.2. The van der Waals surface area contributed by atoms with Crippen LogP contribution in [0.2, 0.25) is 0 Å². The van der Waals surface area contributed by atoms with Crippen LogP contribution >= 0.6 is 0 Å². The Balaban J connectivity index is 2.51. The first-order chi connectivity index (χ1) is 4.51. The third kappa shape index (κ3) is 1.46. The van der Waals surface area contributed by atoms with Crippen molar-refractivity contribution in [1.82, 2.24) is 5.32 Å². The van der Waals surface area contributed by atoms with Gasteiger partial charge >= 0.3 is 5.97 Å². The monoisotopic (exact) mass is 145 g/mol. The van der Waals surface area contributed by atoms with Crippen molar-refractivity contribution in [2.75, 3.05) is 0 Å². The average Bonchev–Trinajstić information content (AvgIpc) is 2.10. The molecule has 0 aromatic heterocycles. The van der Waals surface area contributed by atoms with Gasteiger partial charge in [0.25, 0.3) is 0 Å². The normalized spacial score (nSPS) is 40.0. The van der Waals surface area contributed by atoms with Crippen LogP contribution in [0.25, 0.3) is 0 Å². The fourth-order valence-corrected chi connectivity index (χ4v) is 1.13. The second-order valence-corrected chi connectivity index (χ2v) is 2.85. The number of hydrogen-bond donors (Lipinski definition) is 3. The van der Waals surface area contributed by atoms with Crippen LogP contribution in [0.5, 0.6) is 0 Å². The zero-order valence-corrected chi connectivity index (χ0v) is 5.79. The summed E-state index contributed by atoms with van der Waals surface area (Å²) >= 11 is 0. The van der Waals surface area contributed by atoms with E-state index < -0.39 is 17.7 Å². The number of carboxylic acids is 1. The number of nitrogens with one attached hydrogen (secondary N) is 1. The molecule has 1 heterocycles. The molecule has 0 aromatic rings. The fourth-order valence-electron chi connectivity index (χ4n) is 1.13. The van der Waals surface area contributed by atoms with Gasteiger partial charge in [0.1, 0.15) is 11.8 Å². The number of rotatable bonds is 1. The quantitative estimate of drug-likeness (QED) is 0.466. The summed E-state index contributed by atoms with van der Waals surface area (Å²) in [4.78, 5) is 10.3. The van der Waals surface area contributed by atoms with Gasteiger partial charge < -0.3 is 10.2 Å². The van der Waals surface area contributed by atoms with Gasteiger partial charge in [-0.2, -0.15) is 0 Å². The van der Waals surface area contributed by atoms with Gasteiger partial charge in [-0.1, -0.05) is 0 Å². The molecule has 0 radical (unpaired) electrons. The summed E-state index contributed by atoms with van der Waals surface area (Å²) in [5, 5.41) is 20.3. The van der Waals surface area contributed by atoms with Crippen LogP contribution in [0.3, 0.4) is 0 Å². The van der Waals surface area contributed by atoms with Crippen LogP contribution in [-0.2, 0) is 4.79 Å². The summed E-state index contributed by atoms with van der Waals surface area (Å²) in [5.74, 6) is -0.891. The molecule has 1 aliphatic heterocycles. The van der Waals surface area contributed by atoms with E-state index >= 15 is 0 Å². The third-order valence-electron chi connectivity index (χ3n) is 1.70. The molecule has 4 nitrogen and oxygen atoms in total. The Hall–Kier alpha value is -0.610. The molecule has 1 rings (SSSR count). The van der Waals surface area contributed by atoms with Gasteiger partial charge in [-0.3, -0.25) is 10.1 Å². The van der Waals surface area contributed by atoms with Gasteiger partial charge in [-0.05, 0) is 19.8 Å². The Bertz CT molecular complexity index is 155. The molecule has 2 atom stereocenters. The molecule has 1 unspecified atom stereocenters. The second kappa shape index (κ2) is 2.21. The van der Waals surface area contributed by atoms with Crippen LogP contribution in [0.1, 0.15) is 19.8 Å². The van der Waals surface area contributed by atoms with Gasteiger partial charge in [0.05, 0.1) is 0 Å². The second-order valence-electron chi connectivity index (χ2n) is 2.85. The van der Waals surface area contributed by atoms with Gasteiger partial charge in [-0.25, -0.2) is 0 Å². The van der Waals surface area contributed by atoms with Crippen molar-refractivity contribution in [3.8, 4) is 0 Å². The topological polar surface area (TPSA) is 69.6 Å². The Kier molecular flexibility index (Phi) is 1.66. The summed E-state index contributed by atoms with van der Waals surface area (Å²) < 4.78 is 0. The first-order valence-corrected chi connectivity index (χ1v) is 3.24. The zero-order chi connectivity index (χ0) is 7.78. The SMILES string of the molecule is CC1(O)CC[C@@H](C(=O)O)N1. The van der Waals surface area contributed by atoms with Crippen molar-refractivity contribution < 1.29 is 15.0 Å². The number of hydrogen-bond acceptors (Lipinski definition) is 3. The molecule has 3 N–H and O–H groups in total. The first kappa shape index (κ1) is 7.50. The van der Waals surface area contributed by atoms with E-state index in [0.29, 0.717) is 12.8 Å². The average molecular weight is 145 g/mol. The fraction of sp³-hybridized carbons (Fsp3) is 0.833. The molecular formula is C6H11NO3. The highest BCUT2D eigenvalue weighted by atomic mass is 16.4. The maximum Gasteiger partial charge on any atom is 0.320 e. The molecule has 1 saturated heterocycles. The lowest BCUT2D eigenvalue weighted by Gasteiger charge is -2.16. The largest absolute Gasteiger partial charge is 0.480 e. The minimum atomic E-state index is -0.983. The highest BCUT2D eigenvalue weighted by Crippen LogP contribution is 2.19. The molecule has 0 amide bonds. The van der Waals surface area contributed by atoms with Gasteiger partial charge in [0, 0.05) is 0 Å². The Labute approximate surface area is 58.9 Å². The van der Waals surface area contributed by atoms with Gasteiger partial charge in [0.15, 0.2) is 0 Å². The van der Waals surface area contributed by atoms with E-state index in [-0.39, 0.29) is 0 Å². The molecule has 0 aromatic carbocycles. The third-order valence-corrected chi connectivity index (χ3v) is 1.70. The maximum atomic E-state index is 10.3. The van der Waals surface area contributed by atoms with E-state index in [1.807, 2.05) is 0 Å². The summed E-state index contributed by atoms with van der Waals surface area (Å²) in [7, 11) is 0. The highest BCUT2D eigenvalue weighted by Gasteiger charge is 2.35. The van der Waals surface area contributed by atoms with Crippen molar-refractivity contribution in [2.45, 2.75) is 31.5 Å². The molecule has 0 aliphatic carbocycles. The van der Waals surface area contributed by atoms with Crippen LogP contribution in [0.4, 0.5) is 0 Å². The summed E-state index contributed by atoms with van der Waals surface area (Å²) in [6, 6.07) is -0.574. The summed E-state index contributed by atoms with van der Waals surface area (Å²) in [5.41, 5.74) is -0.983. The lowest BCUT2D eigenvalue weighted by molar-refractivity contribution is -0.139. The van der Waals surface area contributed by atoms with Crippen molar-refractivity contribution in [1.29, 1.82) is 0 Å². The first-order valence-electron chi connectivity index (χ1n) is 3.24. The minimum absolute atomic E-state index is 0.502. The summed E-state index contributed by atoms with van der Waals surface area (Å²) in [6.07, 6.45) is 1.01. The molecule has 0 saturated carbocycles. The van der Waals surface area contributed by atoms with Crippen molar-refractivity contribution >= 4 is 5.97 Å². The van der Waals surface area contributed by atoms with Crippen molar-refractivity contribution in [3.63, 3.8) is 0 Å². The van der Waals surface area contributed by atoms with E-state index in [0.717, 1.165) is 0 Å². The van der Waals surface area contributed by atoms with Crippen LogP contribution < -0.4 is 5.32 Å². The standard InChI is InChI=1S/C6H11NO3/c1-6(10)3-2-4(7-6)5(8)9/h4,7,10H,2-3H2,1H3,(H,8,9)/t4-,6?/m0/s1. The number of carbonyl (C=O) groups is 1. The molecule has 58 valence electrons. The van der Waals surface area contributed by atoms with Gasteiger partial charge in [0.2, 0.25) is 0 Å². The molecule has 1 fully saturated rings. The number of aliphatic carboxylic acids is 1. The Morgan fingerprint density at radius 2 is 2.40 bits per heavy atom. The molecule has 1 aliphatic rings. The molecule has 0 bridgehead atoms. The Morgan fingerprint density at radius 3 is 2.60 bits per heavy atom. The van der Waals surface area contributed by atoms with Gasteiger partial charge in [-0.15, -0.1) is 0 Å². The molecule has 0 spiro atoms. The van der Waals surface area contributed by atoms with Crippen LogP contribution in [-0.4, -0.2) is 27.9 Å².